The first kappa shape index (κ1) is 13.0. The van der Waals surface area contributed by atoms with Gasteiger partial charge in [0, 0.05) is 18.7 Å². The van der Waals surface area contributed by atoms with E-state index in [1.54, 1.807) is 25.2 Å². The summed E-state index contributed by atoms with van der Waals surface area (Å²) >= 11 is 0. The lowest BCUT2D eigenvalue weighted by Gasteiger charge is -2.23. The Hall–Kier alpha value is -1.96. The van der Waals surface area contributed by atoms with Crippen molar-refractivity contribution in [3.63, 3.8) is 0 Å². The molecule has 2 heterocycles. The number of carbonyl (C=O) groups is 1. The van der Waals surface area contributed by atoms with E-state index in [0.29, 0.717) is 23.0 Å². The molecule has 1 fully saturated rings. The molecule has 1 N–H and O–H groups in total. The molecule has 8 heteroatoms. The van der Waals surface area contributed by atoms with E-state index in [4.69, 9.17) is 0 Å². The number of rotatable bonds is 2. The maximum absolute atomic E-state index is 12.4. The fraction of sp³-hybridized carbons (Fsp3) is 0.417. The molecule has 7 nitrogen and oxygen atoms in total. The Bertz CT molecular complexity index is 768. The number of nitrogens with zero attached hydrogens (tertiary/aromatic N) is 3. The number of hydrogen-bond donors (Lipinski definition) is 1. The van der Waals surface area contributed by atoms with Crippen molar-refractivity contribution in [2.45, 2.75) is 12.5 Å². The van der Waals surface area contributed by atoms with Gasteiger partial charge < -0.3 is 4.90 Å². The van der Waals surface area contributed by atoms with Gasteiger partial charge in [0.25, 0.3) is 5.91 Å². The number of aromatic nitrogens is 3. The first-order valence-corrected chi connectivity index (χ1v) is 8.06. The highest BCUT2D eigenvalue weighted by Gasteiger charge is 2.33. The smallest absolute Gasteiger partial charge is 0.253 e. The van der Waals surface area contributed by atoms with Gasteiger partial charge in [-0.05, 0) is 24.6 Å². The molecule has 1 aliphatic heterocycles. The molecule has 1 atom stereocenters. The molecule has 106 valence electrons. The number of sulfone groups is 1. The lowest BCUT2D eigenvalue weighted by molar-refractivity contribution is 0.0748. The number of fused-ring (bicyclic) bond motifs is 1. The minimum absolute atomic E-state index is 0.0431. The Balaban J connectivity index is 1.84. The number of amides is 1. The molecule has 0 bridgehead atoms. The lowest BCUT2D eigenvalue weighted by Crippen LogP contribution is -2.37. The maximum atomic E-state index is 12.4. The normalized spacial score (nSPS) is 21.1. The number of nitrogens with one attached hydrogen (secondary N) is 1. The summed E-state index contributed by atoms with van der Waals surface area (Å²) in [4.78, 5) is 13.9. The molecular weight excluding hydrogens is 280 g/mol. The van der Waals surface area contributed by atoms with E-state index in [9.17, 15) is 13.2 Å². The molecule has 1 aromatic carbocycles. The van der Waals surface area contributed by atoms with Crippen LogP contribution in [0.1, 0.15) is 16.8 Å². The van der Waals surface area contributed by atoms with Crippen LogP contribution in [0.25, 0.3) is 11.0 Å². The summed E-state index contributed by atoms with van der Waals surface area (Å²) < 4.78 is 23.0. The largest absolute Gasteiger partial charge is 0.338 e. The third kappa shape index (κ3) is 2.26. The Morgan fingerprint density at radius 3 is 2.80 bits per heavy atom. The molecule has 0 spiro atoms. The molecule has 1 unspecified atom stereocenters. The number of H-pyrrole nitrogens is 1. The Kier molecular flexibility index (Phi) is 2.97. The minimum Gasteiger partial charge on any atom is -0.338 e. The highest BCUT2D eigenvalue weighted by Crippen LogP contribution is 2.19. The van der Waals surface area contributed by atoms with Gasteiger partial charge >= 0.3 is 0 Å². The zero-order valence-electron chi connectivity index (χ0n) is 10.9. The van der Waals surface area contributed by atoms with E-state index in [2.05, 4.69) is 15.4 Å². The van der Waals surface area contributed by atoms with Gasteiger partial charge in [-0.2, -0.15) is 15.4 Å². The first-order valence-electron chi connectivity index (χ1n) is 6.24. The van der Waals surface area contributed by atoms with E-state index in [1.165, 1.54) is 4.90 Å². The Labute approximate surface area is 115 Å². The van der Waals surface area contributed by atoms with E-state index in [0.717, 1.165) is 0 Å². The van der Waals surface area contributed by atoms with Gasteiger partial charge in [0.2, 0.25) is 0 Å². The van der Waals surface area contributed by atoms with Crippen LogP contribution in [-0.2, 0) is 9.84 Å². The topological polar surface area (TPSA) is 96.0 Å². The molecule has 1 aromatic heterocycles. The quantitative estimate of drug-likeness (QED) is 0.854. The van der Waals surface area contributed by atoms with Crippen molar-refractivity contribution < 1.29 is 13.2 Å². The summed E-state index contributed by atoms with van der Waals surface area (Å²) in [5, 5.41) is 10.4. The molecule has 0 aliphatic carbocycles. The van der Waals surface area contributed by atoms with E-state index < -0.39 is 9.84 Å². The van der Waals surface area contributed by atoms with Crippen molar-refractivity contribution in [1.29, 1.82) is 0 Å². The molecule has 1 amide bonds. The van der Waals surface area contributed by atoms with Crippen molar-refractivity contribution in [3.05, 3.63) is 23.8 Å². The molecule has 1 aliphatic rings. The van der Waals surface area contributed by atoms with Crippen molar-refractivity contribution >= 4 is 26.8 Å². The highest BCUT2D eigenvalue weighted by atomic mass is 32.2. The van der Waals surface area contributed by atoms with Crippen molar-refractivity contribution in [1.82, 2.24) is 20.3 Å². The van der Waals surface area contributed by atoms with Crippen LogP contribution in [0, 0.1) is 0 Å². The van der Waals surface area contributed by atoms with Gasteiger partial charge in [-0.15, -0.1) is 0 Å². The number of carbonyl (C=O) groups excluding carboxylic acids is 1. The predicted molar refractivity (Wildman–Crippen MR) is 73.0 cm³/mol. The lowest BCUT2D eigenvalue weighted by atomic mass is 10.1. The van der Waals surface area contributed by atoms with Gasteiger partial charge in [0.1, 0.15) is 11.0 Å². The van der Waals surface area contributed by atoms with Crippen LogP contribution in [0.15, 0.2) is 18.2 Å². The van der Waals surface area contributed by atoms with Crippen LogP contribution in [0.3, 0.4) is 0 Å². The standard InChI is InChI=1S/C12H14N4O3S/c1-16(9-4-5-20(18,19)7-9)12(17)8-2-3-10-11(6-8)14-15-13-10/h2-3,6,9H,4-5,7H2,1H3,(H,13,14,15). The second kappa shape index (κ2) is 4.55. The first-order chi connectivity index (χ1) is 9.46. The van der Waals surface area contributed by atoms with Gasteiger partial charge in [-0.25, -0.2) is 8.42 Å². The van der Waals surface area contributed by atoms with E-state index in [1.807, 2.05) is 0 Å². The molecule has 20 heavy (non-hydrogen) atoms. The fourth-order valence-electron chi connectivity index (χ4n) is 2.42. The van der Waals surface area contributed by atoms with Crippen molar-refractivity contribution in [2.75, 3.05) is 18.6 Å². The summed E-state index contributed by atoms with van der Waals surface area (Å²) in [5.41, 5.74) is 1.79. The third-order valence-electron chi connectivity index (χ3n) is 3.64. The summed E-state index contributed by atoms with van der Waals surface area (Å²) in [6.07, 6.45) is 0.497. The van der Waals surface area contributed by atoms with Crippen LogP contribution in [0.5, 0.6) is 0 Å². The Morgan fingerprint density at radius 2 is 2.10 bits per heavy atom. The minimum atomic E-state index is -3.00. The molecule has 0 saturated carbocycles. The Morgan fingerprint density at radius 1 is 1.35 bits per heavy atom. The summed E-state index contributed by atoms with van der Waals surface area (Å²) in [6, 6.07) is 4.79. The van der Waals surface area contributed by atoms with Crippen LogP contribution >= 0.6 is 0 Å². The maximum Gasteiger partial charge on any atom is 0.253 e. The van der Waals surface area contributed by atoms with Crippen molar-refractivity contribution in [3.8, 4) is 0 Å². The number of aromatic amines is 1. The molecule has 2 aromatic rings. The predicted octanol–water partition coefficient (Wildman–Crippen LogP) is 0.217. The van der Waals surface area contributed by atoms with Gasteiger partial charge in [-0.1, -0.05) is 0 Å². The van der Waals surface area contributed by atoms with E-state index in [-0.39, 0.29) is 23.5 Å². The van der Waals surface area contributed by atoms with E-state index >= 15 is 0 Å². The van der Waals surface area contributed by atoms with Crippen LogP contribution in [0.4, 0.5) is 0 Å². The van der Waals surface area contributed by atoms with Crippen molar-refractivity contribution in [2.24, 2.45) is 0 Å². The van der Waals surface area contributed by atoms with Gasteiger partial charge in [-0.3, -0.25) is 4.79 Å². The highest BCUT2D eigenvalue weighted by molar-refractivity contribution is 7.91. The third-order valence-corrected chi connectivity index (χ3v) is 5.39. The summed E-state index contributed by atoms with van der Waals surface area (Å²) in [5.74, 6) is -0.00372. The molecular formula is C12H14N4O3S. The zero-order chi connectivity index (χ0) is 14.3. The van der Waals surface area contributed by atoms with Gasteiger partial charge in [0.15, 0.2) is 9.84 Å². The van der Waals surface area contributed by atoms with Crippen LogP contribution in [-0.4, -0.2) is 59.2 Å². The summed E-state index contributed by atoms with van der Waals surface area (Å²) in [7, 11) is -1.36. The fourth-order valence-corrected chi connectivity index (χ4v) is 4.20. The van der Waals surface area contributed by atoms with Crippen LogP contribution in [0.2, 0.25) is 0 Å². The van der Waals surface area contributed by atoms with Crippen LogP contribution < -0.4 is 0 Å². The molecule has 0 radical (unpaired) electrons. The number of hydrogen-bond acceptors (Lipinski definition) is 5. The average Bonchev–Trinajstić information content (AvgIpc) is 3.02. The SMILES string of the molecule is CN(C(=O)c1ccc2n[nH]nc2c1)C1CCS(=O)(=O)C1. The second-order valence-corrected chi connectivity index (χ2v) is 7.23. The summed E-state index contributed by atoms with van der Waals surface area (Å²) in [6.45, 7) is 0. The van der Waals surface area contributed by atoms with Gasteiger partial charge in [0.05, 0.1) is 11.5 Å². The molecule has 1 saturated heterocycles. The number of benzene rings is 1. The molecule has 3 rings (SSSR count). The monoisotopic (exact) mass is 294 g/mol. The zero-order valence-corrected chi connectivity index (χ0v) is 11.7. The second-order valence-electron chi connectivity index (χ2n) is 5.00. The average molecular weight is 294 g/mol.